The zero-order chi connectivity index (χ0) is 60.3. The quantitative estimate of drug-likeness (QED) is 0.0715. The summed E-state index contributed by atoms with van der Waals surface area (Å²) >= 11 is 0. The zero-order valence-electron chi connectivity index (χ0n) is 48.8. The van der Waals surface area contributed by atoms with Crippen LogP contribution in [0, 0.1) is 22.7 Å². The van der Waals surface area contributed by atoms with Crippen molar-refractivity contribution in [1.29, 1.82) is 10.5 Å². The first-order valence-electron chi connectivity index (χ1n) is 29.4. The molecule has 0 radical (unpaired) electrons. The van der Waals surface area contributed by atoms with Gasteiger partial charge in [-0.15, -0.1) is 0 Å². The predicted molar refractivity (Wildman–Crippen MR) is 372 cm³/mol. The molecule has 0 fully saturated rings. The van der Waals surface area contributed by atoms with E-state index in [1.807, 2.05) is 60.7 Å². The Morgan fingerprint density at radius 2 is 0.398 bits per heavy atom. The maximum atomic E-state index is 10.1. The van der Waals surface area contributed by atoms with Crippen molar-refractivity contribution in [3.8, 4) is 34.4 Å². The van der Waals surface area contributed by atoms with Crippen LogP contribution < -0.4 is 0 Å². The van der Waals surface area contributed by atoms with Crippen LogP contribution in [-0.4, -0.2) is 0 Å². The molecule has 0 saturated heterocycles. The Labute approximate surface area is 518 Å². The molecule has 0 atom stereocenters. The predicted octanol–water partition coefficient (Wildman–Crippen LogP) is 22.1. The van der Waals surface area contributed by atoms with E-state index in [-0.39, 0.29) is 0 Å². The van der Waals surface area contributed by atoms with Gasteiger partial charge in [-0.25, -0.2) is 0 Å². The Morgan fingerprint density at radius 1 is 0.216 bits per heavy atom. The van der Waals surface area contributed by atoms with E-state index in [2.05, 4.69) is 316 Å². The Hall–Kier alpha value is -11.9. The molecule has 12 rings (SSSR count). The molecule has 2 heteroatoms. The highest BCUT2D eigenvalue weighted by atomic mass is 14.3. The van der Waals surface area contributed by atoms with Gasteiger partial charge in [0.05, 0.1) is 23.3 Å². The highest BCUT2D eigenvalue weighted by molar-refractivity contribution is 6.06. The van der Waals surface area contributed by atoms with Crippen LogP contribution in [0.1, 0.15) is 77.9 Å². The average Bonchev–Trinajstić information content (AvgIpc) is 1.80. The van der Waals surface area contributed by atoms with Gasteiger partial charge in [-0.1, -0.05) is 353 Å². The van der Waals surface area contributed by atoms with Crippen LogP contribution >= 0.6 is 0 Å². The lowest BCUT2D eigenvalue weighted by molar-refractivity contribution is 1.49. The van der Waals surface area contributed by atoms with Crippen molar-refractivity contribution in [2.24, 2.45) is 0 Å². The van der Waals surface area contributed by atoms with Crippen molar-refractivity contribution in [2.75, 3.05) is 0 Å². The van der Waals surface area contributed by atoms with E-state index in [9.17, 15) is 10.5 Å². The number of hydrogen-bond acceptors (Lipinski definition) is 2. The van der Waals surface area contributed by atoms with E-state index in [1.54, 1.807) is 0 Å². The normalized spacial score (nSPS) is 10.9. The van der Waals surface area contributed by atoms with Crippen molar-refractivity contribution in [3.63, 3.8) is 0 Å². The van der Waals surface area contributed by atoms with Crippen LogP contribution in [0.3, 0.4) is 0 Å². The highest BCUT2D eigenvalue weighted by Gasteiger charge is 2.18. The summed E-state index contributed by atoms with van der Waals surface area (Å²) in [5, 5.41) is 20.1. The third-order valence-electron chi connectivity index (χ3n) is 15.5. The summed E-state index contributed by atoms with van der Waals surface area (Å²) in [6.07, 6.45) is 7.60. The summed E-state index contributed by atoms with van der Waals surface area (Å²) in [7, 11) is 0. The lowest BCUT2D eigenvalue weighted by atomic mass is 9.85. The third kappa shape index (κ3) is 14.0. The number of benzene rings is 12. The molecule has 0 aliphatic rings. The Morgan fingerprint density at radius 3 is 0.602 bits per heavy atom. The fourth-order valence-electron chi connectivity index (χ4n) is 10.9. The van der Waals surface area contributed by atoms with E-state index in [1.165, 1.54) is 11.1 Å². The molecule has 0 spiro atoms. The molecule has 12 aromatic carbocycles. The van der Waals surface area contributed by atoms with Gasteiger partial charge in [0.1, 0.15) is 0 Å². The Bertz CT molecular complexity index is 4130. The molecule has 88 heavy (non-hydrogen) atoms. The van der Waals surface area contributed by atoms with Gasteiger partial charge in [0.25, 0.3) is 0 Å². The summed E-state index contributed by atoms with van der Waals surface area (Å²) in [5.41, 5.74) is 25.5. The maximum Gasteiger partial charge on any atom is 0.0998 e. The maximum absolute atomic E-state index is 10.1. The molecule has 0 aliphatic carbocycles. The van der Waals surface area contributed by atoms with E-state index < -0.39 is 0 Å². The lowest BCUT2D eigenvalue weighted by Gasteiger charge is -2.18. The van der Waals surface area contributed by atoms with Gasteiger partial charge in [0.15, 0.2) is 0 Å². The molecule has 416 valence electrons. The van der Waals surface area contributed by atoms with Gasteiger partial charge >= 0.3 is 0 Å². The molecule has 0 saturated carbocycles. The van der Waals surface area contributed by atoms with Crippen LogP contribution in [0.15, 0.2) is 341 Å². The number of rotatable bonds is 16. The second kappa shape index (κ2) is 28.6. The molecule has 0 N–H and O–H groups in total. The number of hydrogen-bond donors (Lipinski definition) is 0. The molecular weight excluding hydrogens is 1060 g/mol. The van der Waals surface area contributed by atoms with E-state index >= 15 is 0 Å². The number of allylic oxidation sites excluding steroid dienone is 2. The molecule has 0 aromatic heterocycles. The van der Waals surface area contributed by atoms with Crippen LogP contribution in [-0.2, 0) is 0 Å². The minimum absolute atomic E-state index is 0.624. The Balaban J connectivity index is 0.000000182. The second-order valence-corrected chi connectivity index (χ2v) is 21.1. The SMILES string of the molecule is C=Cc1ccc(-c2ccc(/C(C#N)=C/c3ccc(C(=C(c4ccccc4)c4ccccc4)c4ccccc4)cc3)cc2)cc1.C=Cc1ccc(-c2ccc(/C(C#N)=C/c3ccc(C(=C(c4ccccc4)c4ccccc4)c4ccccc4)cc3)cc2)cc1. The molecule has 0 aliphatic heterocycles. The summed E-state index contributed by atoms with van der Waals surface area (Å²) in [5.74, 6) is 0. The van der Waals surface area contributed by atoms with Gasteiger partial charge in [-0.05, 0) is 135 Å². The fraction of sp³-hybridized carbons (Fsp3) is 0. The van der Waals surface area contributed by atoms with Gasteiger partial charge in [0, 0.05) is 0 Å². The topological polar surface area (TPSA) is 47.6 Å². The second-order valence-electron chi connectivity index (χ2n) is 21.1. The number of nitriles is 2. The van der Waals surface area contributed by atoms with Crippen molar-refractivity contribution < 1.29 is 0 Å². The van der Waals surface area contributed by atoms with Gasteiger partial charge in [0.2, 0.25) is 0 Å². The molecular formula is C86H62N2. The summed E-state index contributed by atoms with van der Waals surface area (Å²) < 4.78 is 0. The van der Waals surface area contributed by atoms with Crippen LogP contribution in [0.2, 0.25) is 0 Å². The van der Waals surface area contributed by atoms with E-state index in [0.29, 0.717) is 11.1 Å². The molecule has 0 amide bonds. The van der Waals surface area contributed by atoms with E-state index in [0.717, 1.165) is 111 Å². The molecule has 12 aromatic rings. The van der Waals surface area contributed by atoms with E-state index in [4.69, 9.17) is 0 Å². The third-order valence-corrected chi connectivity index (χ3v) is 15.5. The molecule has 2 nitrogen and oxygen atoms in total. The summed E-state index contributed by atoms with van der Waals surface area (Å²) in [4.78, 5) is 0. The first kappa shape index (κ1) is 57.9. The van der Waals surface area contributed by atoms with Crippen molar-refractivity contribution >= 4 is 57.7 Å². The smallest absolute Gasteiger partial charge is 0.0998 e. The fourth-order valence-corrected chi connectivity index (χ4v) is 10.9. The monoisotopic (exact) mass is 1120 g/mol. The molecule has 0 unspecified atom stereocenters. The summed E-state index contributed by atoms with van der Waals surface area (Å²) in [6, 6.07) is 118. The standard InChI is InChI=1S/2C43H31N/c2*1-2-32-18-22-34(23-19-32)35-26-28-36(29-27-35)41(31-44)30-33-20-24-40(25-21-33)43(39-16-10-5-11-17-39)42(37-12-6-3-7-13-37)38-14-8-4-9-15-38/h2*2-30H,1H2/b2*41-30+. The van der Waals surface area contributed by atoms with Gasteiger partial charge in [-0.2, -0.15) is 10.5 Å². The van der Waals surface area contributed by atoms with Gasteiger partial charge in [-0.3, -0.25) is 0 Å². The summed E-state index contributed by atoms with van der Waals surface area (Å²) in [6.45, 7) is 7.66. The van der Waals surface area contributed by atoms with Crippen molar-refractivity contribution in [2.45, 2.75) is 0 Å². The van der Waals surface area contributed by atoms with Crippen LogP contribution in [0.25, 0.3) is 80.0 Å². The largest absolute Gasteiger partial charge is 0.192 e. The first-order chi connectivity index (χ1) is 43.5. The highest BCUT2D eigenvalue weighted by Crippen LogP contribution is 2.39. The van der Waals surface area contributed by atoms with Crippen molar-refractivity contribution in [3.05, 3.63) is 419 Å². The lowest BCUT2D eigenvalue weighted by Crippen LogP contribution is -1.97. The number of nitrogens with zero attached hydrogens (tertiary/aromatic N) is 2. The first-order valence-corrected chi connectivity index (χ1v) is 29.4. The molecule has 0 heterocycles. The minimum Gasteiger partial charge on any atom is -0.192 e. The van der Waals surface area contributed by atoms with Crippen LogP contribution in [0.5, 0.6) is 0 Å². The zero-order valence-corrected chi connectivity index (χ0v) is 48.8. The molecule has 0 bridgehead atoms. The Kier molecular flexibility index (Phi) is 18.8. The van der Waals surface area contributed by atoms with Gasteiger partial charge < -0.3 is 0 Å². The van der Waals surface area contributed by atoms with Crippen molar-refractivity contribution in [1.82, 2.24) is 0 Å². The average molecular weight is 1120 g/mol. The van der Waals surface area contributed by atoms with Crippen LogP contribution in [0.4, 0.5) is 0 Å². The minimum atomic E-state index is 0.624.